The molecular weight excluding hydrogens is 526 g/mol. The van der Waals surface area contributed by atoms with E-state index in [2.05, 4.69) is 16.0 Å². The van der Waals surface area contributed by atoms with E-state index < -0.39 is 7.56 Å². The van der Waals surface area contributed by atoms with Crippen LogP contribution in [0, 0.1) is 0 Å². The average molecular weight is 556 g/mol. The molecule has 2 saturated heterocycles. The minimum atomic E-state index is -1.92. The molecule has 0 bridgehead atoms. The van der Waals surface area contributed by atoms with Crippen molar-refractivity contribution in [1.29, 1.82) is 0 Å². The molecule has 0 unspecified atom stereocenters. The maximum atomic E-state index is 12.3. The highest BCUT2D eigenvalue weighted by molar-refractivity contribution is 7.78. The van der Waals surface area contributed by atoms with E-state index in [9.17, 15) is 4.79 Å². The normalized spacial score (nSPS) is 19.2. The third-order valence-electron chi connectivity index (χ3n) is 5.02. The molecule has 11 heteroatoms. The number of esters is 1. The Hall–Kier alpha value is -0.360. The van der Waals surface area contributed by atoms with Crippen molar-refractivity contribution in [2.24, 2.45) is 4.99 Å². The minimum absolute atomic E-state index is 0. The van der Waals surface area contributed by atoms with Gasteiger partial charge in [-0.25, -0.2) is 9.79 Å². The Labute approximate surface area is 194 Å². The first-order chi connectivity index (χ1) is 13.5. The van der Waals surface area contributed by atoms with E-state index in [0.29, 0.717) is 4.88 Å². The van der Waals surface area contributed by atoms with Gasteiger partial charge in [-0.15, -0.1) is 11.3 Å². The molecular formula is C18H30IN4O4PS. The van der Waals surface area contributed by atoms with Gasteiger partial charge in [-0.3, -0.25) is 0 Å². The monoisotopic (exact) mass is 556 g/mol. The molecule has 0 spiro atoms. The Bertz CT molecular complexity index is 688. The summed E-state index contributed by atoms with van der Waals surface area (Å²) >= 11 is 1.40. The van der Waals surface area contributed by atoms with Crippen LogP contribution in [-0.4, -0.2) is 107 Å². The minimum Gasteiger partial charge on any atom is -1.00 e. The van der Waals surface area contributed by atoms with E-state index in [1.807, 2.05) is 25.1 Å². The highest BCUT2D eigenvalue weighted by atomic mass is 127. The van der Waals surface area contributed by atoms with Crippen molar-refractivity contribution in [2.45, 2.75) is 0 Å². The summed E-state index contributed by atoms with van der Waals surface area (Å²) in [7, 11) is 3.38. The number of ether oxygens (including phenoxy) is 3. The van der Waals surface area contributed by atoms with Crippen molar-refractivity contribution in [3.63, 3.8) is 0 Å². The lowest BCUT2D eigenvalue weighted by atomic mass is 10.5. The lowest BCUT2D eigenvalue weighted by molar-refractivity contribution is -0.0000218. The first kappa shape index (κ1) is 24.9. The van der Waals surface area contributed by atoms with E-state index >= 15 is 0 Å². The molecule has 3 rings (SSSR count). The van der Waals surface area contributed by atoms with Gasteiger partial charge in [0.25, 0.3) is 0 Å². The van der Waals surface area contributed by atoms with Crippen LogP contribution in [0.4, 0.5) is 5.00 Å². The van der Waals surface area contributed by atoms with Crippen LogP contribution in [0.3, 0.4) is 0 Å². The molecule has 3 heterocycles. The molecule has 0 aromatic carbocycles. The Balaban J connectivity index is 0.00000300. The summed E-state index contributed by atoms with van der Waals surface area (Å²) in [6.07, 6.45) is 1.79. The van der Waals surface area contributed by atoms with Crippen molar-refractivity contribution in [3.8, 4) is 0 Å². The van der Waals surface area contributed by atoms with Gasteiger partial charge in [-0.05, 0) is 0 Å². The molecule has 0 N–H and O–H groups in total. The number of halogens is 1. The van der Waals surface area contributed by atoms with Crippen LogP contribution in [0.1, 0.15) is 9.67 Å². The number of nitrogens with zero attached hydrogens (tertiary/aromatic N) is 4. The van der Waals surface area contributed by atoms with Gasteiger partial charge in [0, 0.05) is 20.2 Å². The van der Waals surface area contributed by atoms with Crippen LogP contribution in [0.25, 0.3) is 0 Å². The second kappa shape index (κ2) is 11.3. The van der Waals surface area contributed by atoms with E-state index in [-0.39, 0.29) is 29.9 Å². The van der Waals surface area contributed by atoms with Crippen molar-refractivity contribution < 1.29 is 43.0 Å². The van der Waals surface area contributed by atoms with Crippen molar-refractivity contribution in [2.75, 3.05) is 80.5 Å². The fourth-order valence-electron chi connectivity index (χ4n) is 3.51. The standard InChI is InChI=1S/C18H30N4O4PS.HI/c1-20(2)14-19-17-15(13-16(28-17)18(23)24-3)27(4,21-5-9-25-10-6-21)22-7-11-26-12-8-22;/h13-14H,5-12H2,1-4H3;1H/q+1;/p-1. The molecule has 0 atom stereocenters. The molecule has 2 fully saturated rings. The molecule has 2 aliphatic rings. The Morgan fingerprint density at radius 1 is 1.17 bits per heavy atom. The SMILES string of the molecule is COC(=O)c1cc([P+](C)(N2CCOCC2)N2CCOCC2)c(N=CN(C)C)s1.[I-]. The second-order valence-electron chi connectivity index (χ2n) is 7.05. The van der Waals surface area contributed by atoms with Gasteiger partial charge in [0.15, 0.2) is 17.9 Å². The van der Waals surface area contributed by atoms with E-state index in [0.717, 1.165) is 62.9 Å². The topological polar surface area (TPSA) is 66.8 Å². The number of morpholine rings is 2. The van der Waals surface area contributed by atoms with Gasteiger partial charge < -0.3 is 43.1 Å². The zero-order valence-corrected chi connectivity index (χ0v) is 21.3. The summed E-state index contributed by atoms with van der Waals surface area (Å²) in [6.45, 7) is 8.75. The Kier molecular flexibility index (Phi) is 9.72. The third-order valence-corrected chi connectivity index (χ3v) is 10.4. The largest absolute Gasteiger partial charge is 1.00 e. The van der Waals surface area contributed by atoms with Crippen LogP contribution < -0.4 is 29.3 Å². The van der Waals surface area contributed by atoms with E-state index in [1.165, 1.54) is 18.4 Å². The van der Waals surface area contributed by atoms with Gasteiger partial charge in [-0.2, -0.15) is 9.34 Å². The van der Waals surface area contributed by atoms with E-state index in [1.54, 1.807) is 6.34 Å². The van der Waals surface area contributed by atoms with Crippen LogP contribution in [-0.2, 0) is 14.2 Å². The molecule has 0 aliphatic carbocycles. The number of carbonyl (C=O) groups is 1. The average Bonchev–Trinajstić information content (AvgIpc) is 3.17. The predicted octanol–water partition coefficient (Wildman–Crippen LogP) is -1.47. The predicted molar refractivity (Wildman–Crippen MR) is 115 cm³/mol. The number of hydrogen-bond acceptors (Lipinski definition) is 8. The van der Waals surface area contributed by atoms with Crippen molar-refractivity contribution >= 4 is 41.5 Å². The quantitative estimate of drug-likeness (QED) is 0.139. The summed E-state index contributed by atoms with van der Waals surface area (Å²) in [6, 6.07) is 2.00. The van der Waals surface area contributed by atoms with Crippen molar-refractivity contribution in [3.05, 3.63) is 10.9 Å². The zero-order chi connectivity index (χ0) is 20.1. The smallest absolute Gasteiger partial charge is 0.348 e. The highest BCUT2D eigenvalue weighted by Crippen LogP contribution is 2.63. The Morgan fingerprint density at radius 2 is 1.69 bits per heavy atom. The number of methoxy groups -OCH3 is 1. The number of aliphatic imine (C=N–C) groups is 1. The highest BCUT2D eigenvalue weighted by Gasteiger charge is 2.52. The first-order valence-corrected chi connectivity index (χ1v) is 12.4. The van der Waals surface area contributed by atoms with Crippen LogP contribution >= 0.6 is 18.9 Å². The Morgan fingerprint density at radius 3 is 2.14 bits per heavy atom. The zero-order valence-electron chi connectivity index (χ0n) is 17.5. The summed E-state index contributed by atoms with van der Waals surface area (Å²) in [4.78, 5) is 19.5. The lowest BCUT2D eigenvalue weighted by Crippen LogP contribution is -3.00. The fourth-order valence-corrected chi connectivity index (χ4v) is 8.71. The van der Waals surface area contributed by atoms with Gasteiger partial charge in [-0.1, -0.05) is 0 Å². The van der Waals surface area contributed by atoms with Gasteiger partial charge >= 0.3 is 5.97 Å². The summed E-state index contributed by atoms with van der Waals surface area (Å²) in [5.41, 5.74) is 0. The van der Waals surface area contributed by atoms with E-state index in [4.69, 9.17) is 19.2 Å². The van der Waals surface area contributed by atoms with Crippen LogP contribution in [0.5, 0.6) is 0 Å². The van der Waals surface area contributed by atoms with Gasteiger partial charge in [0.2, 0.25) is 0 Å². The van der Waals surface area contributed by atoms with Crippen LogP contribution in [0.15, 0.2) is 11.1 Å². The van der Waals surface area contributed by atoms with Crippen molar-refractivity contribution in [1.82, 2.24) is 14.2 Å². The molecule has 8 nitrogen and oxygen atoms in total. The maximum Gasteiger partial charge on any atom is 0.348 e. The summed E-state index contributed by atoms with van der Waals surface area (Å²) in [5, 5.41) is 2.02. The molecule has 1 aromatic heterocycles. The number of hydrogen-bond donors (Lipinski definition) is 0. The van der Waals surface area contributed by atoms with Crippen LogP contribution in [0.2, 0.25) is 0 Å². The molecule has 0 amide bonds. The lowest BCUT2D eigenvalue weighted by Gasteiger charge is -2.43. The number of carbonyl (C=O) groups excluding carboxylic acids is 1. The maximum absolute atomic E-state index is 12.3. The molecule has 0 saturated carbocycles. The summed E-state index contributed by atoms with van der Waals surface area (Å²) in [5.74, 6) is -0.312. The number of thiophene rings is 1. The van der Waals surface area contributed by atoms with Gasteiger partial charge in [0.05, 0.1) is 72.7 Å². The molecule has 164 valence electrons. The molecule has 0 radical (unpaired) electrons. The molecule has 29 heavy (non-hydrogen) atoms. The second-order valence-corrected chi connectivity index (χ2v) is 11.5. The summed E-state index contributed by atoms with van der Waals surface area (Å²) < 4.78 is 21.3. The molecule has 2 aliphatic heterocycles. The van der Waals surface area contributed by atoms with Gasteiger partial charge in [0.1, 0.15) is 4.88 Å². The fraction of sp³-hybridized carbons (Fsp3) is 0.667. The number of rotatable bonds is 6. The first-order valence-electron chi connectivity index (χ1n) is 9.43. The molecule has 1 aromatic rings. The third kappa shape index (κ3) is 5.66.